The van der Waals surface area contributed by atoms with Gasteiger partial charge < -0.3 is 15.0 Å². The molecule has 2 amide bonds. The first-order chi connectivity index (χ1) is 12.5. The normalized spacial score (nSPS) is 24.2. The third-order valence-corrected chi connectivity index (χ3v) is 5.88. The van der Waals surface area contributed by atoms with Gasteiger partial charge in [-0.15, -0.1) is 0 Å². The minimum absolute atomic E-state index is 0.0858. The lowest BCUT2D eigenvalue weighted by molar-refractivity contribution is -0.136. The number of carbonyl (C=O) groups excluding carboxylic acids is 2. The molecule has 0 bridgehead atoms. The number of hydrogen-bond donors (Lipinski definition) is 1. The summed E-state index contributed by atoms with van der Waals surface area (Å²) in [4.78, 5) is 28.9. The molecule has 6 nitrogen and oxygen atoms in total. The van der Waals surface area contributed by atoms with E-state index in [9.17, 15) is 9.59 Å². The van der Waals surface area contributed by atoms with Crippen LogP contribution in [0.25, 0.3) is 0 Å². The first kappa shape index (κ1) is 18.7. The first-order valence-electron chi connectivity index (χ1n) is 9.42. The standard InChI is InChI=1S/C20H29N3O3/c1-22-13-14-23(15-20(22)10-9-18(24)21-12-11-20)19(25)8-7-16-5-3-4-6-17(16)26-2/h3-6H,7-15H2,1-2H3,(H,21,24)/t20-/m0/s1. The summed E-state index contributed by atoms with van der Waals surface area (Å²) in [5, 5.41) is 2.96. The maximum absolute atomic E-state index is 12.8. The summed E-state index contributed by atoms with van der Waals surface area (Å²) in [6.07, 6.45) is 3.41. The van der Waals surface area contributed by atoms with Crippen molar-refractivity contribution in [1.29, 1.82) is 0 Å². The summed E-state index contributed by atoms with van der Waals surface area (Å²) in [7, 11) is 3.78. The fourth-order valence-corrected chi connectivity index (χ4v) is 4.12. The molecule has 26 heavy (non-hydrogen) atoms. The molecule has 2 heterocycles. The molecule has 0 unspecified atom stereocenters. The van der Waals surface area contributed by atoms with Crippen molar-refractivity contribution in [1.82, 2.24) is 15.1 Å². The maximum atomic E-state index is 12.8. The van der Waals surface area contributed by atoms with Crippen molar-refractivity contribution in [3.63, 3.8) is 0 Å². The van der Waals surface area contributed by atoms with Crippen LogP contribution < -0.4 is 10.1 Å². The van der Waals surface area contributed by atoms with Crippen LogP contribution in [0.5, 0.6) is 5.75 Å². The fraction of sp³-hybridized carbons (Fsp3) is 0.600. The van der Waals surface area contributed by atoms with Gasteiger partial charge in [-0.05, 0) is 37.9 Å². The highest BCUT2D eigenvalue weighted by Crippen LogP contribution is 2.31. The van der Waals surface area contributed by atoms with E-state index in [-0.39, 0.29) is 17.4 Å². The number of aryl methyl sites for hydroxylation is 1. The lowest BCUT2D eigenvalue weighted by atomic mass is 9.86. The van der Waals surface area contributed by atoms with Crippen LogP contribution in [0.4, 0.5) is 0 Å². The highest BCUT2D eigenvalue weighted by atomic mass is 16.5. The average Bonchev–Trinajstić information content (AvgIpc) is 2.84. The molecular weight excluding hydrogens is 330 g/mol. The van der Waals surface area contributed by atoms with Crippen molar-refractivity contribution >= 4 is 11.8 Å². The summed E-state index contributed by atoms with van der Waals surface area (Å²) in [5.74, 6) is 1.14. The Balaban J connectivity index is 1.63. The number of methoxy groups -OCH3 is 1. The van der Waals surface area contributed by atoms with Gasteiger partial charge in [0.15, 0.2) is 0 Å². The third kappa shape index (κ3) is 4.01. The molecule has 1 N–H and O–H groups in total. The van der Waals surface area contributed by atoms with Crippen molar-refractivity contribution < 1.29 is 14.3 Å². The number of hydrogen-bond acceptors (Lipinski definition) is 4. The number of carbonyl (C=O) groups is 2. The number of nitrogens with one attached hydrogen (secondary N) is 1. The van der Waals surface area contributed by atoms with E-state index in [4.69, 9.17) is 4.74 Å². The van der Waals surface area contributed by atoms with Gasteiger partial charge in [-0.3, -0.25) is 14.5 Å². The summed E-state index contributed by atoms with van der Waals surface area (Å²) in [6, 6.07) is 7.86. The van der Waals surface area contributed by atoms with Crippen LogP contribution in [-0.2, 0) is 16.0 Å². The topological polar surface area (TPSA) is 61.9 Å². The number of ether oxygens (including phenoxy) is 1. The largest absolute Gasteiger partial charge is 0.496 e. The third-order valence-electron chi connectivity index (χ3n) is 5.88. The zero-order chi connectivity index (χ0) is 18.6. The number of benzene rings is 1. The molecule has 1 spiro atoms. The number of likely N-dealkylation sites (N-methyl/N-ethyl adjacent to an activating group) is 1. The van der Waals surface area contributed by atoms with E-state index in [0.29, 0.717) is 32.4 Å². The quantitative estimate of drug-likeness (QED) is 0.884. The monoisotopic (exact) mass is 359 g/mol. The van der Waals surface area contributed by atoms with E-state index in [0.717, 1.165) is 37.2 Å². The van der Waals surface area contributed by atoms with E-state index < -0.39 is 0 Å². The molecule has 1 aromatic carbocycles. The van der Waals surface area contributed by atoms with Gasteiger partial charge in [0.2, 0.25) is 11.8 Å². The number of piperazine rings is 1. The van der Waals surface area contributed by atoms with E-state index in [1.165, 1.54) is 0 Å². The van der Waals surface area contributed by atoms with Gasteiger partial charge in [-0.2, -0.15) is 0 Å². The molecule has 2 aliphatic heterocycles. The number of amides is 2. The Morgan fingerprint density at radius 3 is 2.88 bits per heavy atom. The minimum Gasteiger partial charge on any atom is -0.496 e. The number of nitrogens with zero attached hydrogens (tertiary/aromatic N) is 2. The number of para-hydroxylation sites is 1. The highest BCUT2D eigenvalue weighted by Gasteiger charge is 2.41. The SMILES string of the molecule is COc1ccccc1CCC(=O)N1CCN(C)[C@@]2(CCNC(=O)CC2)C1. The molecule has 0 aromatic heterocycles. The van der Waals surface area contributed by atoms with E-state index >= 15 is 0 Å². The summed E-state index contributed by atoms with van der Waals surface area (Å²) < 4.78 is 5.38. The first-order valence-corrected chi connectivity index (χ1v) is 9.42. The summed E-state index contributed by atoms with van der Waals surface area (Å²) in [5.41, 5.74) is 0.980. The Kier molecular flexibility index (Phi) is 5.81. The van der Waals surface area contributed by atoms with E-state index in [1.54, 1.807) is 7.11 Å². The van der Waals surface area contributed by atoms with Gasteiger partial charge in [0, 0.05) is 44.6 Å². The van der Waals surface area contributed by atoms with Crippen LogP contribution in [0.3, 0.4) is 0 Å². The van der Waals surface area contributed by atoms with Crippen LogP contribution in [0.15, 0.2) is 24.3 Å². The van der Waals surface area contributed by atoms with E-state index in [1.807, 2.05) is 29.2 Å². The molecule has 2 saturated heterocycles. The second kappa shape index (κ2) is 8.08. The van der Waals surface area contributed by atoms with Crippen molar-refractivity contribution in [3.8, 4) is 5.75 Å². The molecule has 0 radical (unpaired) electrons. The fourth-order valence-electron chi connectivity index (χ4n) is 4.12. The molecular formula is C20H29N3O3. The summed E-state index contributed by atoms with van der Waals surface area (Å²) >= 11 is 0. The highest BCUT2D eigenvalue weighted by molar-refractivity contribution is 5.77. The molecule has 2 aliphatic rings. The molecule has 1 aromatic rings. The van der Waals surface area contributed by atoms with Crippen LogP contribution >= 0.6 is 0 Å². The zero-order valence-electron chi connectivity index (χ0n) is 15.8. The zero-order valence-corrected chi connectivity index (χ0v) is 15.8. The maximum Gasteiger partial charge on any atom is 0.223 e. The Labute approximate surface area is 155 Å². The Morgan fingerprint density at radius 2 is 2.08 bits per heavy atom. The minimum atomic E-state index is -0.0858. The lowest BCUT2D eigenvalue weighted by Crippen LogP contribution is -2.62. The smallest absolute Gasteiger partial charge is 0.223 e. The van der Waals surface area contributed by atoms with Crippen LogP contribution in [-0.4, -0.2) is 67.5 Å². The van der Waals surface area contributed by atoms with Gasteiger partial charge in [0.25, 0.3) is 0 Å². The molecule has 2 fully saturated rings. The molecule has 0 aliphatic carbocycles. The molecule has 142 valence electrons. The second-order valence-electron chi connectivity index (χ2n) is 7.37. The van der Waals surface area contributed by atoms with Crippen molar-refractivity contribution in [2.24, 2.45) is 0 Å². The Hall–Kier alpha value is -2.08. The van der Waals surface area contributed by atoms with Crippen molar-refractivity contribution in [2.75, 3.05) is 40.3 Å². The van der Waals surface area contributed by atoms with Gasteiger partial charge in [-0.25, -0.2) is 0 Å². The van der Waals surface area contributed by atoms with Gasteiger partial charge in [0.05, 0.1) is 7.11 Å². The molecule has 3 rings (SSSR count). The van der Waals surface area contributed by atoms with Gasteiger partial charge in [0.1, 0.15) is 5.75 Å². The summed E-state index contributed by atoms with van der Waals surface area (Å²) in [6.45, 7) is 3.01. The van der Waals surface area contributed by atoms with Crippen molar-refractivity contribution in [2.45, 2.75) is 37.6 Å². The molecule has 0 saturated carbocycles. The second-order valence-corrected chi connectivity index (χ2v) is 7.37. The average molecular weight is 359 g/mol. The molecule has 6 heteroatoms. The number of rotatable bonds is 4. The predicted octanol–water partition coefficient (Wildman–Crippen LogP) is 1.44. The Bertz CT molecular complexity index is 663. The lowest BCUT2D eigenvalue weighted by Gasteiger charge is -2.49. The Morgan fingerprint density at radius 1 is 1.27 bits per heavy atom. The van der Waals surface area contributed by atoms with Crippen LogP contribution in [0.2, 0.25) is 0 Å². The molecule has 1 atom stereocenters. The van der Waals surface area contributed by atoms with Crippen LogP contribution in [0, 0.1) is 0 Å². The van der Waals surface area contributed by atoms with Crippen LogP contribution in [0.1, 0.15) is 31.2 Å². The van der Waals surface area contributed by atoms with Gasteiger partial charge >= 0.3 is 0 Å². The van der Waals surface area contributed by atoms with Gasteiger partial charge in [-0.1, -0.05) is 18.2 Å². The van der Waals surface area contributed by atoms with E-state index in [2.05, 4.69) is 17.3 Å². The predicted molar refractivity (Wildman–Crippen MR) is 100 cm³/mol. The van der Waals surface area contributed by atoms with Crippen molar-refractivity contribution in [3.05, 3.63) is 29.8 Å².